The fraction of sp³-hybridized carbons (Fsp3) is 0.455. The Hall–Kier alpha value is -0.100. The maximum atomic E-state index is 12.1. The van der Waals surface area contributed by atoms with Gasteiger partial charge in [0.25, 0.3) is 0 Å². The van der Waals surface area contributed by atoms with Gasteiger partial charge in [0.05, 0.1) is 4.90 Å². The van der Waals surface area contributed by atoms with E-state index < -0.39 is 10.0 Å². The van der Waals surface area contributed by atoms with Crippen molar-refractivity contribution in [3.63, 3.8) is 0 Å². The molecule has 1 fully saturated rings. The Morgan fingerprint density at radius 3 is 2.71 bits per heavy atom. The zero-order valence-electron chi connectivity index (χ0n) is 9.07. The van der Waals surface area contributed by atoms with Crippen LogP contribution in [-0.2, 0) is 10.0 Å². The van der Waals surface area contributed by atoms with E-state index in [0.29, 0.717) is 5.02 Å². The standard InChI is InChI=1S/C11H13BrClNO2S/c12-10-5-2-6-11(10)14-17(15,16)9-4-1-3-8(13)7-9/h1,3-4,7,10-11,14H,2,5-6H2. The molecule has 0 aromatic heterocycles. The summed E-state index contributed by atoms with van der Waals surface area (Å²) in [4.78, 5) is 0.438. The zero-order chi connectivity index (χ0) is 12.5. The Kier molecular flexibility index (Phi) is 4.13. The van der Waals surface area contributed by atoms with Crippen molar-refractivity contribution in [3.8, 4) is 0 Å². The molecule has 1 aliphatic carbocycles. The molecule has 0 bridgehead atoms. The van der Waals surface area contributed by atoms with Crippen LogP contribution in [0.3, 0.4) is 0 Å². The van der Waals surface area contributed by atoms with E-state index in [0.717, 1.165) is 19.3 Å². The first-order valence-corrected chi connectivity index (χ1v) is 8.19. The minimum atomic E-state index is -3.46. The minimum absolute atomic E-state index is 0.0287. The molecule has 0 radical (unpaired) electrons. The lowest BCUT2D eigenvalue weighted by Crippen LogP contribution is -2.37. The summed E-state index contributed by atoms with van der Waals surface area (Å²) in [5, 5.41) is 0.426. The van der Waals surface area contributed by atoms with Crippen LogP contribution in [0.1, 0.15) is 19.3 Å². The van der Waals surface area contributed by atoms with E-state index >= 15 is 0 Å². The molecule has 0 spiro atoms. The van der Waals surface area contributed by atoms with Crippen molar-refractivity contribution < 1.29 is 8.42 Å². The molecular formula is C11H13BrClNO2S. The third-order valence-electron chi connectivity index (χ3n) is 2.84. The molecule has 17 heavy (non-hydrogen) atoms. The molecule has 2 rings (SSSR count). The lowest BCUT2D eigenvalue weighted by atomic mass is 10.3. The highest BCUT2D eigenvalue weighted by molar-refractivity contribution is 9.09. The summed E-state index contributed by atoms with van der Waals surface area (Å²) in [6.45, 7) is 0. The summed E-state index contributed by atoms with van der Waals surface area (Å²) in [5.41, 5.74) is 0. The van der Waals surface area contributed by atoms with E-state index in [1.54, 1.807) is 18.2 Å². The lowest BCUT2D eigenvalue weighted by Gasteiger charge is -2.16. The quantitative estimate of drug-likeness (QED) is 0.861. The summed E-state index contributed by atoms with van der Waals surface area (Å²) in [5.74, 6) is 0. The van der Waals surface area contributed by atoms with Gasteiger partial charge in [-0.15, -0.1) is 0 Å². The molecule has 0 saturated heterocycles. The lowest BCUT2D eigenvalue weighted by molar-refractivity contribution is 0.556. The van der Waals surface area contributed by atoms with Gasteiger partial charge in [-0.3, -0.25) is 0 Å². The normalized spacial score (nSPS) is 25.1. The summed E-state index contributed by atoms with van der Waals surface area (Å²) >= 11 is 9.29. The van der Waals surface area contributed by atoms with Gasteiger partial charge in [0.1, 0.15) is 0 Å². The van der Waals surface area contributed by atoms with Crippen molar-refractivity contribution in [1.29, 1.82) is 0 Å². The van der Waals surface area contributed by atoms with E-state index in [2.05, 4.69) is 20.7 Å². The number of benzene rings is 1. The van der Waals surface area contributed by atoms with Crippen LogP contribution in [-0.4, -0.2) is 19.3 Å². The first kappa shape index (κ1) is 13.3. The van der Waals surface area contributed by atoms with Gasteiger partial charge in [-0.05, 0) is 31.0 Å². The molecule has 1 aliphatic rings. The van der Waals surface area contributed by atoms with Crippen LogP contribution in [0.5, 0.6) is 0 Å². The first-order chi connectivity index (χ1) is 7.99. The van der Waals surface area contributed by atoms with Crippen LogP contribution in [0.4, 0.5) is 0 Å². The minimum Gasteiger partial charge on any atom is -0.207 e. The summed E-state index contributed by atoms with van der Waals surface area (Å²) in [6.07, 6.45) is 2.91. The van der Waals surface area contributed by atoms with Crippen molar-refractivity contribution in [1.82, 2.24) is 4.72 Å². The summed E-state index contributed by atoms with van der Waals surface area (Å²) in [6, 6.07) is 6.27. The van der Waals surface area contributed by atoms with Crippen LogP contribution < -0.4 is 4.72 Å². The van der Waals surface area contributed by atoms with Gasteiger partial charge in [0.2, 0.25) is 10.0 Å². The van der Waals surface area contributed by atoms with Crippen LogP contribution in [0, 0.1) is 0 Å². The molecule has 0 aliphatic heterocycles. The fourth-order valence-electron chi connectivity index (χ4n) is 1.95. The predicted octanol–water partition coefficient (Wildman–Crippen LogP) is 2.93. The Labute approximate surface area is 115 Å². The van der Waals surface area contributed by atoms with Gasteiger partial charge in [-0.25, -0.2) is 13.1 Å². The number of sulfonamides is 1. The predicted molar refractivity (Wildman–Crippen MR) is 72.1 cm³/mol. The zero-order valence-corrected chi connectivity index (χ0v) is 12.2. The molecule has 0 amide bonds. The Morgan fingerprint density at radius 2 is 2.12 bits per heavy atom. The molecule has 1 aromatic carbocycles. The fourth-order valence-corrected chi connectivity index (χ4v) is 4.46. The second-order valence-corrected chi connectivity index (χ2v) is 7.46. The van der Waals surface area contributed by atoms with Gasteiger partial charge in [0.15, 0.2) is 0 Å². The Bertz CT molecular complexity index is 506. The largest absolute Gasteiger partial charge is 0.240 e. The van der Waals surface area contributed by atoms with Crippen molar-refractivity contribution in [3.05, 3.63) is 29.3 Å². The molecule has 94 valence electrons. The molecular weight excluding hydrogens is 326 g/mol. The van der Waals surface area contributed by atoms with Crippen LogP contribution in [0.25, 0.3) is 0 Å². The average Bonchev–Trinajstić information content (AvgIpc) is 2.64. The van der Waals surface area contributed by atoms with E-state index in [-0.39, 0.29) is 15.8 Å². The topological polar surface area (TPSA) is 46.2 Å². The average molecular weight is 339 g/mol. The van der Waals surface area contributed by atoms with Crippen molar-refractivity contribution >= 4 is 37.6 Å². The number of alkyl halides is 1. The second kappa shape index (κ2) is 5.26. The first-order valence-electron chi connectivity index (χ1n) is 5.41. The number of rotatable bonds is 3. The molecule has 2 unspecified atom stereocenters. The Morgan fingerprint density at radius 1 is 1.35 bits per heavy atom. The van der Waals surface area contributed by atoms with E-state index in [1.165, 1.54) is 6.07 Å². The third-order valence-corrected chi connectivity index (χ3v) is 5.66. The molecule has 6 heteroatoms. The van der Waals surface area contributed by atoms with E-state index in [1.807, 2.05) is 0 Å². The number of hydrogen-bond acceptors (Lipinski definition) is 2. The van der Waals surface area contributed by atoms with Gasteiger partial charge < -0.3 is 0 Å². The van der Waals surface area contributed by atoms with Crippen molar-refractivity contribution in [2.24, 2.45) is 0 Å². The molecule has 1 saturated carbocycles. The van der Waals surface area contributed by atoms with Crippen LogP contribution in [0.15, 0.2) is 29.2 Å². The molecule has 1 aromatic rings. The molecule has 2 atom stereocenters. The smallest absolute Gasteiger partial charge is 0.207 e. The summed E-state index contributed by atoms with van der Waals surface area (Å²) < 4.78 is 26.9. The van der Waals surface area contributed by atoms with E-state index in [9.17, 15) is 8.42 Å². The van der Waals surface area contributed by atoms with Gasteiger partial charge in [0, 0.05) is 15.9 Å². The maximum absolute atomic E-state index is 12.1. The van der Waals surface area contributed by atoms with Crippen LogP contribution >= 0.6 is 27.5 Å². The number of halogens is 2. The highest BCUT2D eigenvalue weighted by Gasteiger charge is 2.29. The van der Waals surface area contributed by atoms with Crippen molar-refractivity contribution in [2.75, 3.05) is 0 Å². The summed E-state index contributed by atoms with van der Waals surface area (Å²) in [7, 11) is -3.46. The second-order valence-electron chi connectivity index (χ2n) is 4.13. The van der Waals surface area contributed by atoms with E-state index in [4.69, 9.17) is 11.6 Å². The third kappa shape index (κ3) is 3.22. The number of nitrogens with one attached hydrogen (secondary N) is 1. The van der Waals surface area contributed by atoms with Gasteiger partial charge >= 0.3 is 0 Å². The highest BCUT2D eigenvalue weighted by Crippen LogP contribution is 2.27. The number of hydrogen-bond donors (Lipinski definition) is 1. The van der Waals surface area contributed by atoms with Crippen molar-refractivity contribution in [2.45, 2.75) is 35.0 Å². The van der Waals surface area contributed by atoms with Gasteiger partial charge in [-0.1, -0.05) is 40.0 Å². The molecule has 3 nitrogen and oxygen atoms in total. The maximum Gasteiger partial charge on any atom is 0.240 e. The Balaban J connectivity index is 2.19. The highest BCUT2D eigenvalue weighted by atomic mass is 79.9. The van der Waals surface area contributed by atoms with Gasteiger partial charge in [-0.2, -0.15) is 0 Å². The monoisotopic (exact) mass is 337 g/mol. The SMILES string of the molecule is O=S(=O)(NC1CCCC1Br)c1cccc(Cl)c1. The van der Waals surface area contributed by atoms with Crippen LogP contribution in [0.2, 0.25) is 5.02 Å². The molecule has 0 heterocycles. The molecule has 1 N–H and O–H groups in total.